The van der Waals surface area contributed by atoms with Crippen LogP contribution in [-0.2, 0) is 11.3 Å². The second kappa shape index (κ2) is 7.93. The molecule has 0 aliphatic rings. The molecule has 0 saturated carbocycles. The third kappa shape index (κ3) is 3.97. The molecular formula is C20H16FNO3S. The van der Waals surface area contributed by atoms with Crippen LogP contribution < -0.4 is 4.90 Å². The number of esters is 1. The van der Waals surface area contributed by atoms with E-state index in [2.05, 4.69) is 0 Å². The van der Waals surface area contributed by atoms with Crippen molar-refractivity contribution in [3.8, 4) is 0 Å². The Morgan fingerprint density at radius 2 is 1.77 bits per heavy atom. The first-order chi connectivity index (χ1) is 12.6. The number of thiophene rings is 1. The van der Waals surface area contributed by atoms with E-state index in [0.29, 0.717) is 21.7 Å². The van der Waals surface area contributed by atoms with Gasteiger partial charge in [0.05, 0.1) is 16.1 Å². The molecule has 3 rings (SSSR count). The first-order valence-electron chi connectivity index (χ1n) is 7.88. The van der Waals surface area contributed by atoms with Gasteiger partial charge in [0, 0.05) is 7.05 Å². The van der Waals surface area contributed by atoms with Crippen LogP contribution in [0.4, 0.5) is 10.1 Å². The van der Waals surface area contributed by atoms with Gasteiger partial charge < -0.3 is 9.64 Å². The second-order valence-electron chi connectivity index (χ2n) is 5.56. The number of ether oxygens (including phenoxy) is 1. The number of carbonyl (C=O) groups excluding carboxylic acids is 2. The average Bonchev–Trinajstić information content (AvgIpc) is 3.21. The predicted octanol–water partition coefficient (Wildman–Crippen LogP) is 4.52. The highest BCUT2D eigenvalue weighted by atomic mass is 32.1. The van der Waals surface area contributed by atoms with Crippen LogP contribution in [0.3, 0.4) is 0 Å². The molecule has 0 saturated heterocycles. The van der Waals surface area contributed by atoms with Crippen molar-refractivity contribution in [3.63, 3.8) is 0 Å². The maximum Gasteiger partial charge on any atom is 0.340 e. The highest BCUT2D eigenvalue weighted by Crippen LogP contribution is 2.23. The Hall–Kier alpha value is -2.99. The largest absolute Gasteiger partial charge is 0.457 e. The van der Waals surface area contributed by atoms with E-state index in [-0.39, 0.29) is 18.3 Å². The summed E-state index contributed by atoms with van der Waals surface area (Å²) < 4.78 is 18.3. The third-order valence-corrected chi connectivity index (χ3v) is 4.66. The maximum absolute atomic E-state index is 12.9. The highest BCUT2D eigenvalue weighted by Gasteiger charge is 2.21. The van der Waals surface area contributed by atoms with Crippen LogP contribution in [0.15, 0.2) is 66.0 Å². The van der Waals surface area contributed by atoms with Gasteiger partial charge >= 0.3 is 5.97 Å². The van der Waals surface area contributed by atoms with Crippen LogP contribution in [0, 0.1) is 5.82 Å². The molecule has 0 N–H and O–H groups in total. The van der Waals surface area contributed by atoms with E-state index >= 15 is 0 Å². The van der Waals surface area contributed by atoms with Gasteiger partial charge in [-0.25, -0.2) is 9.18 Å². The summed E-state index contributed by atoms with van der Waals surface area (Å²) in [6.45, 7) is 0.0238. The number of anilines is 1. The summed E-state index contributed by atoms with van der Waals surface area (Å²) in [7, 11) is 1.62. The van der Waals surface area contributed by atoms with Crippen LogP contribution in [0.25, 0.3) is 0 Å². The maximum atomic E-state index is 12.9. The van der Waals surface area contributed by atoms with E-state index in [1.165, 1.54) is 28.4 Å². The smallest absolute Gasteiger partial charge is 0.340 e. The van der Waals surface area contributed by atoms with Crippen molar-refractivity contribution < 1.29 is 18.7 Å². The molecular weight excluding hydrogens is 353 g/mol. The zero-order valence-electron chi connectivity index (χ0n) is 14.0. The molecule has 0 bridgehead atoms. The fourth-order valence-electron chi connectivity index (χ4n) is 2.42. The molecule has 0 aliphatic carbocycles. The number of halogens is 1. The lowest BCUT2D eigenvalue weighted by Crippen LogP contribution is -2.27. The molecule has 26 heavy (non-hydrogen) atoms. The first-order valence-corrected chi connectivity index (χ1v) is 8.76. The highest BCUT2D eigenvalue weighted by molar-refractivity contribution is 7.12. The molecule has 0 radical (unpaired) electrons. The number of nitrogens with zero attached hydrogens (tertiary/aromatic N) is 1. The number of rotatable bonds is 5. The summed E-state index contributed by atoms with van der Waals surface area (Å²) in [6, 6.07) is 16.0. The summed E-state index contributed by atoms with van der Waals surface area (Å²) in [4.78, 5) is 27.0. The number of amides is 1. The third-order valence-electron chi connectivity index (χ3n) is 3.81. The zero-order valence-corrected chi connectivity index (χ0v) is 14.8. The summed E-state index contributed by atoms with van der Waals surface area (Å²) in [5.74, 6) is -1.09. The first kappa shape index (κ1) is 17.8. The Bertz CT molecular complexity index is 907. The summed E-state index contributed by atoms with van der Waals surface area (Å²) in [6.07, 6.45) is 0. The van der Waals surface area contributed by atoms with E-state index in [9.17, 15) is 14.0 Å². The normalized spacial score (nSPS) is 10.4. The van der Waals surface area contributed by atoms with E-state index < -0.39 is 5.97 Å². The van der Waals surface area contributed by atoms with Crippen molar-refractivity contribution in [3.05, 3.63) is 87.9 Å². The fourth-order valence-corrected chi connectivity index (χ4v) is 3.12. The molecule has 1 amide bonds. The average molecular weight is 369 g/mol. The molecule has 3 aromatic rings. The molecule has 0 spiro atoms. The van der Waals surface area contributed by atoms with Gasteiger partial charge in [-0.1, -0.05) is 30.3 Å². The van der Waals surface area contributed by atoms with Gasteiger partial charge in [-0.2, -0.15) is 0 Å². The number of para-hydroxylation sites is 1. The minimum absolute atomic E-state index is 0.0238. The van der Waals surface area contributed by atoms with Gasteiger partial charge in [-0.05, 0) is 41.3 Å². The molecule has 2 aromatic carbocycles. The van der Waals surface area contributed by atoms with E-state index in [0.717, 1.165) is 0 Å². The molecule has 0 aliphatic heterocycles. The standard InChI is InChI=1S/C20H16FNO3S/c1-22(19(23)18-7-4-12-26-18)17-6-3-2-5-16(17)20(24)25-13-14-8-10-15(21)11-9-14/h2-12H,13H2,1H3. The Balaban J connectivity index is 1.76. The zero-order chi connectivity index (χ0) is 18.5. The molecule has 1 heterocycles. The van der Waals surface area contributed by atoms with Crippen LogP contribution >= 0.6 is 11.3 Å². The number of benzene rings is 2. The minimum atomic E-state index is -0.546. The van der Waals surface area contributed by atoms with Crippen molar-refractivity contribution in [2.75, 3.05) is 11.9 Å². The predicted molar refractivity (Wildman–Crippen MR) is 99.0 cm³/mol. The van der Waals surface area contributed by atoms with Crippen molar-refractivity contribution >= 4 is 28.9 Å². The Morgan fingerprint density at radius 1 is 1.04 bits per heavy atom. The molecule has 6 heteroatoms. The lowest BCUT2D eigenvalue weighted by molar-refractivity contribution is 0.0473. The molecule has 132 valence electrons. The molecule has 1 aromatic heterocycles. The lowest BCUT2D eigenvalue weighted by Gasteiger charge is -2.19. The quantitative estimate of drug-likeness (QED) is 0.621. The minimum Gasteiger partial charge on any atom is -0.457 e. The van der Waals surface area contributed by atoms with Gasteiger partial charge in [0.1, 0.15) is 12.4 Å². The SMILES string of the molecule is CN(C(=O)c1cccs1)c1ccccc1C(=O)OCc1ccc(F)cc1. The molecule has 0 fully saturated rings. The Kier molecular flexibility index (Phi) is 5.43. The van der Waals surface area contributed by atoms with Gasteiger partial charge in [-0.3, -0.25) is 4.79 Å². The van der Waals surface area contributed by atoms with Crippen molar-refractivity contribution in [1.82, 2.24) is 0 Å². The Morgan fingerprint density at radius 3 is 2.46 bits per heavy atom. The monoisotopic (exact) mass is 369 g/mol. The number of hydrogen-bond acceptors (Lipinski definition) is 4. The van der Waals surface area contributed by atoms with Crippen LogP contribution in [0.1, 0.15) is 25.6 Å². The van der Waals surface area contributed by atoms with Gasteiger partial charge in [-0.15, -0.1) is 11.3 Å². The van der Waals surface area contributed by atoms with Crippen LogP contribution in [0.5, 0.6) is 0 Å². The van der Waals surface area contributed by atoms with E-state index in [1.54, 1.807) is 55.6 Å². The van der Waals surface area contributed by atoms with Crippen molar-refractivity contribution in [1.29, 1.82) is 0 Å². The summed E-state index contributed by atoms with van der Waals surface area (Å²) in [5.41, 5.74) is 1.44. The molecule has 0 atom stereocenters. The molecule has 0 unspecified atom stereocenters. The van der Waals surface area contributed by atoms with Crippen molar-refractivity contribution in [2.24, 2.45) is 0 Å². The van der Waals surface area contributed by atoms with E-state index in [4.69, 9.17) is 4.74 Å². The fraction of sp³-hybridized carbons (Fsp3) is 0.100. The van der Waals surface area contributed by atoms with Gasteiger partial charge in [0.15, 0.2) is 0 Å². The van der Waals surface area contributed by atoms with Crippen LogP contribution in [0.2, 0.25) is 0 Å². The topological polar surface area (TPSA) is 46.6 Å². The van der Waals surface area contributed by atoms with Crippen LogP contribution in [-0.4, -0.2) is 18.9 Å². The van der Waals surface area contributed by atoms with Gasteiger partial charge in [0.2, 0.25) is 0 Å². The van der Waals surface area contributed by atoms with Gasteiger partial charge in [0.25, 0.3) is 5.91 Å². The molecule has 4 nitrogen and oxygen atoms in total. The van der Waals surface area contributed by atoms with E-state index in [1.807, 2.05) is 5.38 Å². The number of carbonyl (C=O) groups is 2. The Labute approximate surface area is 154 Å². The van der Waals surface area contributed by atoms with Crippen molar-refractivity contribution in [2.45, 2.75) is 6.61 Å². The summed E-state index contributed by atoms with van der Waals surface area (Å²) >= 11 is 1.34. The second-order valence-corrected chi connectivity index (χ2v) is 6.51. The summed E-state index contributed by atoms with van der Waals surface area (Å²) in [5, 5.41) is 1.82. The number of hydrogen-bond donors (Lipinski definition) is 0. The lowest BCUT2D eigenvalue weighted by atomic mass is 10.1.